The molecule has 2 aromatic carbocycles. The van der Waals surface area contributed by atoms with Crippen LogP contribution in [-0.4, -0.2) is 15.1 Å². The first-order chi connectivity index (χ1) is 13.3. The summed E-state index contributed by atoms with van der Waals surface area (Å²) in [4.78, 5) is 8.51. The fourth-order valence-corrected chi connectivity index (χ4v) is 2.99. The summed E-state index contributed by atoms with van der Waals surface area (Å²) >= 11 is 0. The summed E-state index contributed by atoms with van der Waals surface area (Å²) in [6, 6.07) is 19.8. The van der Waals surface area contributed by atoms with Gasteiger partial charge >= 0.3 is 0 Å². The van der Waals surface area contributed by atoms with Gasteiger partial charge in [-0.1, -0.05) is 42.2 Å². The van der Waals surface area contributed by atoms with Crippen LogP contribution in [0.2, 0.25) is 0 Å². The maximum Gasteiger partial charge on any atom is 0.130 e. The molecule has 3 heteroatoms. The Bertz CT molecular complexity index is 1130. The Kier molecular flexibility index (Phi) is 4.80. The third kappa shape index (κ3) is 3.96. The molecular weight excluding hydrogens is 332 g/mol. The van der Waals surface area contributed by atoms with Gasteiger partial charge in [0, 0.05) is 47.9 Å². The molecule has 0 bridgehead atoms. The van der Waals surface area contributed by atoms with Gasteiger partial charge in [-0.2, -0.15) is 0 Å². The van der Waals surface area contributed by atoms with Crippen LogP contribution in [0.25, 0.3) is 10.9 Å². The van der Waals surface area contributed by atoms with Crippen molar-refractivity contribution < 1.29 is 5.11 Å². The van der Waals surface area contributed by atoms with Crippen molar-refractivity contribution in [2.45, 2.75) is 12.8 Å². The zero-order valence-corrected chi connectivity index (χ0v) is 14.8. The van der Waals surface area contributed by atoms with Crippen LogP contribution in [0.4, 0.5) is 0 Å². The van der Waals surface area contributed by atoms with Gasteiger partial charge in [-0.25, -0.2) is 0 Å². The number of fused-ring (bicyclic) bond motifs is 1. The van der Waals surface area contributed by atoms with Crippen LogP contribution >= 0.6 is 0 Å². The number of pyridine rings is 2. The topological polar surface area (TPSA) is 46.0 Å². The van der Waals surface area contributed by atoms with Gasteiger partial charge in [-0.15, -0.1) is 0 Å². The lowest BCUT2D eigenvalue weighted by Gasteiger charge is -2.08. The largest absolute Gasteiger partial charge is 0.507 e. The third-order valence-corrected chi connectivity index (χ3v) is 4.43. The Morgan fingerprint density at radius 3 is 2.52 bits per heavy atom. The summed E-state index contributed by atoms with van der Waals surface area (Å²) in [7, 11) is 0. The molecule has 0 unspecified atom stereocenters. The number of aromatic hydroxyl groups is 1. The van der Waals surface area contributed by atoms with E-state index in [4.69, 9.17) is 0 Å². The summed E-state index contributed by atoms with van der Waals surface area (Å²) in [6.07, 6.45) is 6.55. The molecule has 0 aliphatic carbocycles. The van der Waals surface area contributed by atoms with E-state index in [0.717, 1.165) is 27.6 Å². The van der Waals surface area contributed by atoms with Crippen LogP contribution < -0.4 is 0 Å². The third-order valence-electron chi connectivity index (χ3n) is 4.43. The molecule has 27 heavy (non-hydrogen) atoms. The molecule has 4 aromatic rings. The molecule has 0 saturated heterocycles. The van der Waals surface area contributed by atoms with Gasteiger partial charge in [0.15, 0.2) is 0 Å². The quantitative estimate of drug-likeness (QED) is 0.553. The summed E-state index contributed by atoms with van der Waals surface area (Å²) in [5.41, 5.74) is 4.70. The highest BCUT2D eigenvalue weighted by Crippen LogP contribution is 2.29. The molecule has 0 fully saturated rings. The normalized spacial score (nSPS) is 10.4. The average molecular weight is 350 g/mol. The van der Waals surface area contributed by atoms with Crippen LogP contribution in [-0.2, 0) is 12.8 Å². The number of aromatic nitrogens is 2. The average Bonchev–Trinajstić information content (AvgIpc) is 2.72. The first-order valence-electron chi connectivity index (χ1n) is 8.82. The highest BCUT2D eigenvalue weighted by atomic mass is 16.3. The van der Waals surface area contributed by atoms with Crippen molar-refractivity contribution in [1.82, 2.24) is 9.97 Å². The molecule has 4 rings (SSSR count). The zero-order chi connectivity index (χ0) is 18.5. The van der Waals surface area contributed by atoms with Gasteiger partial charge in [0.1, 0.15) is 5.75 Å². The van der Waals surface area contributed by atoms with Crippen molar-refractivity contribution in [1.29, 1.82) is 0 Å². The van der Waals surface area contributed by atoms with Gasteiger partial charge in [0.2, 0.25) is 0 Å². The lowest BCUT2D eigenvalue weighted by Crippen LogP contribution is -1.92. The van der Waals surface area contributed by atoms with E-state index in [1.165, 1.54) is 5.56 Å². The lowest BCUT2D eigenvalue weighted by molar-refractivity contribution is 0.475. The van der Waals surface area contributed by atoms with E-state index in [-0.39, 0.29) is 5.75 Å². The standard InChI is InChI=1S/C24H18N2O/c27-24-21(15-20-11-13-25-14-12-20)17-26-23-10-9-19(16-22(23)24)8-4-7-18-5-2-1-3-6-18/h1-3,5-6,9-14,16-17H,7,15H2,(H,26,27). The van der Waals surface area contributed by atoms with Crippen molar-refractivity contribution >= 4 is 10.9 Å². The monoisotopic (exact) mass is 350 g/mol. The summed E-state index contributed by atoms with van der Waals surface area (Å²) in [5, 5.41) is 11.5. The number of benzene rings is 2. The molecule has 0 aliphatic heterocycles. The minimum absolute atomic E-state index is 0.267. The van der Waals surface area contributed by atoms with Gasteiger partial charge in [0.05, 0.1) is 5.52 Å². The number of rotatable bonds is 3. The van der Waals surface area contributed by atoms with Crippen molar-refractivity contribution in [3.05, 3.63) is 102 Å². The first-order valence-corrected chi connectivity index (χ1v) is 8.82. The van der Waals surface area contributed by atoms with Crippen LogP contribution in [0.3, 0.4) is 0 Å². The second-order valence-electron chi connectivity index (χ2n) is 6.36. The van der Waals surface area contributed by atoms with Crippen LogP contribution in [0.15, 0.2) is 79.3 Å². The second-order valence-corrected chi connectivity index (χ2v) is 6.36. The molecule has 3 nitrogen and oxygen atoms in total. The second kappa shape index (κ2) is 7.72. The van der Waals surface area contributed by atoms with E-state index in [1.807, 2.05) is 48.5 Å². The minimum atomic E-state index is 0.267. The van der Waals surface area contributed by atoms with Gasteiger partial charge in [-0.05, 0) is 41.5 Å². The number of hydrogen-bond acceptors (Lipinski definition) is 3. The van der Waals surface area contributed by atoms with E-state index in [0.29, 0.717) is 12.8 Å². The Hall–Kier alpha value is -3.64. The van der Waals surface area contributed by atoms with Gasteiger partial charge < -0.3 is 5.11 Å². The first kappa shape index (κ1) is 16.8. The molecular formula is C24H18N2O. The molecule has 0 amide bonds. The lowest BCUT2D eigenvalue weighted by atomic mass is 10.0. The SMILES string of the molecule is Oc1c(Cc2ccncc2)cnc2ccc(C#CCc3ccccc3)cc12. The molecule has 1 N–H and O–H groups in total. The molecule has 0 atom stereocenters. The zero-order valence-electron chi connectivity index (χ0n) is 14.8. The van der Waals surface area contributed by atoms with Gasteiger partial charge in [0.25, 0.3) is 0 Å². The predicted molar refractivity (Wildman–Crippen MR) is 107 cm³/mol. The van der Waals surface area contributed by atoms with Crippen molar-refractivity contribution in [2.24, 2.45) is 0 Å². The van der Waals surface area contributed by atoms with Crippen LogP contribution in [0.1, 0.15) is 22.3 Å². The van der Waals surface area contributed by atoms with E-state index in [2.05, 4.69) is 33.9 Å². The predicted octanol–water partition coefficient (Wildman–Crippen LogP) is 4.52. The highest BCUT2D eigenvalue weighted by molar-refractivity contribution is 5.87. The minimum Gasteiger partial charge on any atom is -0.507 e. The maximum absolute atomic E-state index is 10.7. The molecule has 0 radical (unpaired) electrons. The fourth-order valence-electron chi connectivity index (χ4n) is 2.99. The van der Waals surface area contributed by atoms with Crippen molar-refractivity contribution in [3.8, 4) is 17.6 Å². The smallest absolute Gasteiger partial charge is 0.130 e. The number of nitrogens with zero attached hydrogens (tertiary/aromatic N) is 2. The summed E-state index contributed by atoms with van der Waals surface area (Å²) in [5.74, 6) is 6.65. The van der Waals surface area contributed by atoms with E-state index >= 15 is 0 Å². The van der Waals surface area contributed by atoms with E-state index < -0.39 is 0 Å². The maximum atomic E-state index is 10.7. The van der Waals surface area contributed by atoms with Crippen molar-refractivity contribution in [3.63, 3.8) is 0 Å². The Labute approximate surface area is 158 Å². The van der Waals surface area contributed by atoms with Crippen LogP contribution in [0, 0.1) is 11.8 Å². The molecule has 0 spiro atoms. The molecule has 2 aromatic heterocycles. The summed E-state index contributed by atoms with van der Waals surface area (Å²) < 4.78 is 0. The van der Waals surface area contributed by atoms with Gasteiger partial charge in [-0.3, -0.25) is 9.97 Å². The molecule has 0 aliphatic rings. The van der Waals surface area contributed by atoms with Crippen LogP contribution in [0.5, 0.6) is 5.75 Å². The van der Waals surface area contributed by atoms with E-state index in [9.17, 15) is 5.11 Å². The molecule has 2 heterocycles. The summed E-state index contributed by atoms with van der Waals surface area (Å²) in [6.45, 7) is 0. The fraction of sp³-hybridized carbons (Fsp3) is 0.0833. The number of hydrogen-bond donors (Lipinski definition) is 1. The molecule has 0 saturated carbocycles. The highest BCUT2D eigenvalue weighted by Gasteiger charge is 2.09. The Balaban J connectivity index is 1.62. The molecule has 130 valence electrons. The Morgan fingerprint density at radius 1 is 0.889 bits per heavy atom. The van der Waals surface area contributed by atoms with E-state index in [1.54, 1.807) is 18.6 Å². The van der Waals surface area contributed by atoms with Crippen molar-refractivity contribution in [2.75, 3.05) is 0 Å². The Morgan fingerprint density at radius 2 is 1.70 bits per heavy atom.